The molecule has 1 unspecified atom stereocenters. The van der Waals surface area contributed by atoms with E-state index in [-0.39, 0.29) is 24.9 Å². The Morgan fingerprint density at radius 3 is 2.95 bits per heavy atom. The summed E-state index contributed by atoms with van der Waals surface area (Å²) < 4.78 is 4.86. The number of hydrogen-bond donors (Lipinski definition) is 3. The molecule has 0 saturated heterocycles. The Bertz CT molecular complexity index is 598. The highest BCUT2D eigenvalue weighted by Crippen LogP contribution is 2.21. The lowest BCUT2D eigenvalue weighted by Crippen LogP contribution is -2.44. The highest BCUT2D eigenvalue weighted by Gasteiger charge is 2.12. The molecule has 2 aromatic rings. The molecular formula is C15H22ClN3O2. The topological polar surface area (TPSA) is 80.1 Å². The van der Waals surface area contributed by atoms with Crippen molar-refractivity contribution in [3.8, 4) is 0 Å². The second-order valence-electron chi connectivity index (χ2n) is 4.91. The first-order valence-corrected chi connectivity index (χ1v) is 6.71. The van der Waals surface area contributed by atoms with Crippen molar-refractivity contribution in [1.29, 1.82) is 0 Å². The zero-order chi connectivity index (χ0) is 14.5. The minimum Gasteiger partial charge on any atom is -0.383 e. The number of nitrogens with two attached hydrogens (primary N) is 1. The second-order valence-corrected chi connectivity index (χ2v) is 4.91. The van der Waals surface area contributed by atoms with Gasteiger partial charge >= 0.3 is 0 Å². The predicted molar refractivity (Wildman–Crippen MR) is 86.8 cm³/mol. The molecule has 5 nitrogen and oxygen atoms in total. The predicted octanol–water partition coefficient (Wildman–Crippen LogP) is 1.53. The smallest absolute Gasteiger partial charge is 0.239 e. The van der Waals surface area contributed by atoms with Crippen LogP contribution < -0.4 is 11.1 Å². The molecule has 0 spiro atoms. The molecule has 0 fully saturated rings. The molecular weight excluding hydrogens is 290 g/mol. The van der Waals surface area contributed by atoms with Crippen molar-refractivity contribution >= 4 is 29.2 Å². The number of rotatable bonds is 6. The van der Waals surface area contributed by atoms with Gasteiger partial charge in [0.25, 0.3) is 0 Å². The Hall–Kier alpha value is -1.56. The zero-order valence-corrected chi connectivity index (χ0v) is 13.1. The summed E-state index contributed by atoms with van der Waals surface area (Å²) in [6, 6.07) is 5.60. The lowest BCUT2D eigenvalue weighted by molar-refractivity contribution is -0.123. The molecule has 0 aliphatic carbocycles. The Balaban J connectivity index is 0.00000220. The number of amides is 1. The molecule has 1 amide bonds. The number of halogens is 1. The molecule has 0 aliphatic rings. The van der Waals surface area contributed by atoms with Crippen LogP contribution in [0, 0.1) is 6.92 Å². The summed E-state index contributed by atoms with van der Waals surface area (Å²) in [7, 11) is 1.53. The fraction of sp³-hybridized carbons (Fsp3) is 0.400. The van der Waals surface area contributed by atoms with Gasteiger partial charge in [0.2, 0.25) is 5.91 Å². The molecule has 0 saturated carbocycles. The van der Waals surface area contributed by atoms with Crippen LogP contribution in [-0.2, 0) is 16.0 Å². The number of fused-ring (bicyclic) bond motifs is 1. The van der Waals surface area contributed by atoms with Crippen LogP contribution in [0.2, 0.25) is 0 Å². The van der Waals surface area contributed by atoms with Gasteiger partial charge in [0.1, 0.15) is 6.04 Å². The van der Waals surface area contributed by atoms with Crippen molar-refractivity contribution in [3.05, 3.63) is 35.5 Å². The fourth-order valence-corrected chi connectivity index (χ4v) is 2.28. The number of aromatic nitrogens is 1. The van der Waals surface area contributed by atoms with Crippen LogP contribution in [0.5, 0.6) is 0 Å². The van der Waals surface area contributed by atoms with Crippen LogP contribution in [0.15, 0.2) is 24.4 Å². The molecule has 0 bridgehead atoms. The van der Waals surface area contributed by atoms with Gasteiger partial charge in [-0.25, -0.2) is 0 Å². The molecule has 0 aliphatic heterocycles. The van der Waals surface area contributed by atoms with E-state index in [1.54, 1.807) is 0 Å². The van der Waals surface area contributed by atoms with Crippen LogP contribution in [0.25, 0.3) is 10.9 Å². The first kappa shape index (κ1) is 17.5. The standard InChI is InChI=1S/C15H21N3O2.ClH/c1-10-4-3-5-12-11(8-18-14(10)12)6-7-17-15(19)13(16)9-20-2;/h3-5,8,13,18H,6-7,9,16H2,1-2H3,(H,17,19);1H. The maximum absolute atomic E-state index is 11.7. The summed E-state index contributed by atoms with van der Waals surface area (Å²) in [5.41, 5.74) is 9.23. The van der Waals surface area contributed by atoms with Gasteiger partial charge in [-0.3, -0.25) is 4.79 Å². The summed E-state index contributed by atoms with van der Waals surface area (Å²) in [6.07, 6.45) is 2.77. The van der Waals surface area contributed by atoms with Gasteiger partial charge in [-0.15, -0.1) is 12.4 Å². The first-order chi connectivity index (χ1) is 9.63. The Morgan fingerprint density at radius 2 is 2.24 bits per heavy atom. The Labute approximate surface area is 130 Å². The molecule has 6 heteroatoms. The lowest BCUT2D eigenvalue weighted by Gasteiger charge is -2.10. The highest BCUT2D eigenvalue weighted by molar-refractivity contribution is 5.86. The number of benzene rings is 1. The number of nitrogens with one attached hydrogen (secondary N) is 2. The normalized spacial score (nSPS) is 12.0. The number of para-hydroxylation sites is 1. The third kappa shape index (κ3) is 4.20. The molecule has 1 heterocycles. The van der Waals surface area contributed by atoms with E-state index >= 15 is 0 Å². The van der Waals surface area contributed by atoms with Gasteiger partial charge in [0, 0.05) is 30.8 Å². The monoisotopic (exact) mass is 311 g/mol. The molecule has 1 aromatic carbocycles. The minimum atomic E-state index is -0.606. The van der Waals surface area contributed by atoms with Gasteiger partial charge in [-0.1, -0.05) is 18.2 Å². The second kappa shape index (κ2) is 8.02. The number of aryl methyl sites for hydroxylation is 1. The van der Waals surface area contributed by atoms with Crippen molar-refractivity contribution in [2.24, 2.45) is 5.73 Å². The SMILES string of the molecule is COCC(N)C(=O)NCCc1c[nH]c2c(C)cccc12.Cl. The Kier molecular flexibility index (Phi) is 6.68. The third-order valence-corrected chi connectivity index (χ3v) is 3.39. The number of carbonyl (C=O) groups excluding carboxylic acids is 1. The van der Waals surface area contributed by atoms with Crippen molar-refractivity contribution in [1.82, 2.24) is 10.3 Å². The van der Waals surface area contributed by atoms with Gasteiger partial charge in [-0.2, -0.15) is 0 Å². The highest BCUT2D eigenvalue weighted by atomic mass is 35.5. The summed E-state index contributed by atoms with van der Waals surface area (Å²) >= 11 is 0. The van der Waals surface area contributed by atoms with E-state index in [2.05, 4.69) is 29.4 Å². The van der Waals surface area contributed by atoms with Crippen molar-refractivity contribution in [3.63, 3.8) is 0 Å². The summed E-state index contributed by atoms with van der Waals surface area (Å²) in [5, 5.41) is 4.04. The lowest BCUT2D eigenvalue weighted by atomic mass is 10.1. The molecule has 0 radical (unpaired) electrons. The molecule has 116 valence electrons. The molecule has 2 rings (SSSR count). The van der Waals surface area contributed by atoms with E-state index in [0.29, 0.717) is 6.54 Å². The number of carbonyl (C=O) groups is 1. The number of hydrogen-bond acceptors (Lipinski definition) is 3. The van der Waals surface area contributed by atoms with Crippen LogP contribution in [0.3, 0.4) is 0 Å². The first-order valence-electron chi connectivity index (χ1n) is 6.71. The number of methoxy groups -OCH3 is 1. The Morgan fingerprint density at radius 1 is 1.48 bits per heavy atom. The van der Waals surface area contributed by atoms with Crippen LogP contribution in [-0.4, -0.2) is 37.2 Å². The van der Waals surface area contributed by atoms with E-state index in [1.165, 1.54) is 23.6 Å². The number of H-pyrrole nitrogens is 1. The van der Waals surface area contributed by atoms with E-state index in [4.69, 9.17) is 10.5 Å². The van der Waals surface area contributed by atoms with Crippen molar-refractivity contribution in [2.75, 3.05) is 20.3 Å². The molecule has 21 heavy (non-hydrogen) atoms. The maximum atomic E-state index is 11.7. The largest absolute Gasteiger partial charge is 0.383 e. The molecule has 4 N–H and O–H groups in total. The van der Waals surface area contributed by atoms with Gasteiger partial charge in [0.05, 0.1) is 6.61 Å². The van der Waals surface area contributed by atoms with Crippen LogP contribution >= 0.6 is 12.4 Å². The molecule has 1 atom stereocenters. The number of ether oxygens (including phenoxy) is 1. The molecule has 1 aromatic heterocycles. The van der Waals surface area contributed by atoms with E-state index < -0.39 is 6.04 Å². The van der Waals surface area contributed by atoms with Gasteiger partial charge in [0.15, 0.2) is 0 Å². The van der Waals surface area contributed by atoms with Crippen LogP contribution in [0.4, 0.5) is 0 Å². The number of aromatic amines is 1. The summed E-state index contributed by atoms with van der Waals surface area (Å²) in [4.78, 5) is 14.9. The minimum absolute atomic E-state index is 0. The van der Waals surface area contributed by atoms with Gasteiger partial charge < -0.3 is 20.8 Å². The third-order valence-electron chi connectivity index (χ3n) is 3.39. The van der Waals surface area contributed by atoms with Crippen molar-refractivity contribution in [2.45, 2.75) is 19.4 Å². The van der Waals surface area contributed by atoms with E-state index in [9.17, 15) is 4.79 Å². The summed E-state index contributed by atoms with van der Waals surface area (Å²) in [6.45, 7) is 2.88. The van der Waals surface area contributed by atoms with Crippen LogP contribution in [0.1, 0.15) is 11.1 Å². The van der Waals surface area contributed by atoms with Crippen molar-refractivity contribution < 1.29 is 9.53 Å². The maximum Gasteiger partial charge on any atom is 0.239 e. The average Bonchev–Trinajstić information content (AvgIpc) is 2.84. The van der Waals surface area contributed by atoms with E-state index in [0.717, 1.165) is 11.9 Å². The zero-order valence-electron chi connectivity index (χ0n) is 12.3. The summed E-state index contributed by atoms with van der Waals surface area (Å²) in [5.74, 6) is -0.178. The van der Waals surface area contributed by atoms with Gasteiger partial charge in [-0.05, 0) is 24.5 Å². The van der Waals surface area contributed by atoms with E-state index in [1.807, 2.05) is 12.3 Å². The average molecular weight is 312 g/mol. The fourth-order valence-electron chi connectivity index (χ4n) is 2.28. The quantitative estimate of drug-likeness (QED) is 0.757.